The van der Waals surface area contributed by atoms with Gasteiger partial charge in [-0.1, -0.05) is 50.3 Å². The maximum absolute atomic E-state index is 11.8. The number of benzene rings is 1. The Kier molecular flexibility index (Phi) is 9.19. The highest BCUT2D eigenvalue weighted by molar-refractivity contribution is 5.84. The Hall–Kier alpha value is -1.88. The van der Waals surface area contributed by atoms with Crippen molar-refractivity contribution in [1.29, 1.82) is 0 Å². The first-order valence-electron chi connectivity index (χ1n) is 11.9. The predicted molar refractivity (Wildman–Crippen MR) is 122 cm³/mol. The van der Waals surface area contributed by atoms with Crippen LogP contribution in [-0.2, 0) is 9.59 Å². The minimum atomic E-state index is -0.375. The van der Waals surface area contributed by atoms with Gasteiger partial charge in [0, 0.05) is 51.1 Å². The van der Waals surface area contributed by atoms with E-state index in [1.54, 1.807) is 0 Å². The summed E-state index contributed by atoms with van der Waals surface area (Å²) in [4.78, 5) is 27.7. The molecule has 2 fully saturated rings. The fourth-order valence-electron chi connectivity index (χ4n) is 5.02. The van der Waals surface area contributed by atoms with Gasteiger partial charge in [0.15, 0.2) is 0 Å². The number of para-hydroxylation sites is 1. The van der Waals surface area contributed by atoms with Gasteiger partial charge in [-0.3, -0.25) is 14.5 Å². The lowest BCUT2D eigenvalue weighted by Gasteiger charge is -2.37. The SMILES string of the molecule is NC(=O)CCC(=O)CCCC1CCC(CCN2CCN(c3ccccc3)CC2)CC1. The van der Waals surface area contributed by atoms with Crippen LogP contribution in [0.4, 0.5) is 5.69 Å². The van der Waals surface area contributed by atoms with E-state index >= 15 is 0 Å². The number of hydrogen-bond donors (Lipinski definition) is 1. The smallest absolute Gasteiger partial charge is 0.217 e. The fourth-order valence-corrected chi connectivity index (χ4v) is 5.02. The van der Waals surface area contributed by atoms with Crippen LogP contribution in [0.3, 0.4) is 0 Å². The summed E-state index contributed by atoms with van der Waals surface area (Å²) in [5, 5.41) is 0. The van der Waals surface area contributed by atoms with E-state index < -0.39 is 0 Å². The third-order valence-electron chi connectivity index (χ3n) is 7.03. The van der Waals surface area contributed by atoms with E-state index in [0.29, 0.717) is 12.8 Å². The van der Waals surface area contributed by atoms with Crippen LogP contribution in [0.15, 0.2) is 30.3 Å². The fraction of sp³-hybridized carbons (Fsp3) is 0.680. The highest BCUT2D eigenvalue weighted by Gasteiger charge is 2.23. The van der Waals surface area contributed by atoms with Crippen molar-refractivity contribution in [2.75, 3.05) is 37.6 Å². The molecule has 166 valence electrons. The molecule has 2 N–H and O–H groups in total. The number of nitrogens with two attached hydrogens (primary N) is 1. The molecule has 0 bridgehead atoms. The number of Topliss-reactive ketones (excluding diaryl/α,β-unsaturated/α-hetero) is 1. The van der Waals surface area contributed by atoms with Crippen molar-refractivity contribution in [2.24, 2.45) is 17.6 Å². The molecule has 5 heteroatoms. The maximum atomic E-state index is 11.8. The van der Waals surface area contributed by atoms with Crippen LogP contribution in [0.25, 0.3) is 0 Å². The summed E-state index contributed by atoms with van der Waals surface area (Å²) in [5.74, 6) is 1.49. The molecule has 1 saturated carbocycles. The molecule has 1 aliphatic carbocycles. The lowest BCUT2D eigenvalue weighted by Crippen LogP contribution is -2.46. The van der Waals surface area contributed by atoms with E-state index in [0.717, 1.165) is 37.8 Å². The first-order valence-corrected chi connectivity index (χ1v) is 11.9. The maximum Gasteiger partial charge on any atom is 0.217 e. The Morgan fingerprint density at radius 3 is 2.10 bits per heavy atom. The zero-order valence-electron chi connectivity index (χ0n) is 18.4. The summed E-state index contributed by atoms with van der Waals surface area (Å²) >= 11 is 0. The number of amides is 1. The van der Waals surface area contributed by atoms with Gasteiger partial charge in [0.1, 0.15) is 5.78 Å². The van der Waals surface area contributed by atoms with Gasteiger partial charge < -0.3 is 10.6 Å². The number of ketones is 1. The molecule has 3 rings (SSSR count). The zero-order chi connectivity index (χ0) is 21.2. The number of carbonyl (C=O) groups is 2. The molecule has 1 aromatic rings. The van der Waals surface area contributed by atoms with Crippen molar-refractivity contribution in [3.05, 3.63) is 30.3 Å². The van der Waals surface area contributed by atoms with Crippen molar-refractivity contribution in [3.8, 4) is 0 Å². The molecule has 2 aliphatic rings. The number of anilines is 1. The Balaban J connectivity index is 1.23. The number of nitrogens with zero attached hydrogens (tertiary/aromatic N) is 2. The Bertz CT molecular complexity index is 648. The molecule has 1 aliphatic heterocycles. The van der Waals surface area contributed by atoms with Gasteiger partial charge in [-0.05, 0) is 43.4 Å². The Labute approximate surface area is 182 Å². The van der Waals surface area contributed by atoms with Gasteiger partial charge in [0.2, 0.25) is 5.91 Å². The van der Waals surface area contributed by atoms with Crippen LogP contribution in [0.1, 0.15) is 64.2 Å². The minimum absolute atomic E-state index is 0.190. The number of carbonyl (C=O) groups excluding carboxylic acids is 2. The molecule has 1 saturated heterocycles. The second-order valence-electron chi connectivity index (χ2n) is 9.24. The first kappa shape index (κ1) is 22.8. The molecule has 30 heavy (non-hydrogen) atoms. The van der Waals surface area contributed by atoms with Gasteiger partial charge in [0.05, 0.1) is 0 Å². The molecule has 0 spiro atoms. The summed E-state index contributed by atoms with van der Waals surface area (Å²) < 4.78 is 0. The molecule has 1 heterocycles. The van der Waals surface area contributed by atoms with Crippen molar-refractivity contribution in [2.45, 2.75) is 64.2 Å². The van der Waals surface area contributed by atoms with Crippen LogP contribution >= 0.6 is 0 Å². The van der Waals surface area contributed by atoms with Crippen LogP contribution in [0.5, 0.6) is 0 Å². The van der Waals surface area contributed by atoms with Crippen LogP contribution in [0.2, 0.25) is 0 Å². The lowest BCUT2D eigenvalue weighted by atomic mass is 9.78. The zero-order valence-corrected chi connectivity index (χ0v) is 18.4. The van der Waals surface area contributed by atoms with Gasteiger partial charge >= 0.3 is 0 Å². The largest absolute Gasteiger partial charge is 0.370 e. The van der Waals surface area contributed by atoms with Crippen molar-refractivity contribution >= 4 is 17.4 Å². The number of piperazine rings is 1. The van der Waals surface area contributed by atoms with Crippen molar-refractivity contribution in [1.82, 2.24) is 4.90 Å². The molecule has 0 atom stereocenters. The normalized spacial score (nSPS) is 22.7. The average molecular weight is 414 g/mol. The van der Waals surface area contributed by atoms with E-state index in [-0.39, 0.29) is 18.1 Å². The van der Waals surface area contributed by atoms with Gasteiger partial charge in [-0.25, -0.2) is 0 Å². The molecule has 5 nitrogen and oxygen atoms in total. The lowest BCUT2D eigenvalue weighted by molar-refractivity contribution is -0.123. The molecule has 0 aromatic heterocycles. The monoisotopic (exact) mass is 413 g/mol. The second-order valence-corrected chi connectivity index (χ2v) is 9.24. The summed E-state index contributed by atoms with van der Waals surface area (Å²) in [6, 6.07) is 10.8. The quantitative estimate of drug-likeness (QED) is 0.595. The van der Waals surface area contributed by atoms with Crippen LogP contribution in [-0.4, -0.2) is 49.3 Å². The Morgan fingerprint density at radius 1 is 0.833 bits per heavy atom. The summed E-state index contributed by atoms with van der Waals surface area (Å²) in [5.41, 5.74) is 6.46. The van der Waals surface area contributed by atoms with Gasteiger partial charge in [0.25, 0.3) is 0 Å². The molecular weight excluding hydrogens is 374 g/mol. The van der Waals surface area contributed by atoms with E-state index in [1.807, 2.05) is 0 Å². The van der Waals surface area contributed by atoms with Gasteiger partial charge in [-0.2, -0.15) is 0 Å². The number of hydrogen-bond acceptors (Lipinski definition) is 4. The standard InChI is InChI=1S/C25H39N3O2/c26-25(30)14-13-24(29)8-4-5-21-9-11-22(12-10-21)15-16-27-17-19-28(20-18-27)23-6-2-1-3-7-23/h1-3,6-7,21-22H,4-5,8-20H2,(H2,26,30). The summed E-state index contributed by atoms with van der Waals surface area (Å²) in [7, 11) is 0. The van der Waals surface area contributed by atoms with Crippen LogP contribution in [0, 0.1) is 11.8 Å². The molecule has 0 unspecified atom stereocenters. The highest BCUT2D eigenvalue weighted by Crippen LogP contribution is 2.33. The van der Waals surface area contributed by atoms with Crippen LogP contribution < -0.4 is 10.6 Å². The molecule has 1 aromatic carbocycles. The minimum Gasteiger partial charge on any atom is -0.370 e. The third kappa shape index (κ3) is 7.75. The predicted octanol–water partition coefficient (Wildman–Crippen LogP) is 4.01. The highest BCUT2D eigenvalue weighted by atomic mass is 16.1. The molecule has 0 radical (unpaired) electrons. The van der Waals surface area contributed by atoms with E-state index in [4.69, 9.17) is 5.73 Å². The van der Waals surface area contributed by atoms with Gasteiger partial charge in [-0.15, -0.1) is 0 Å². The van der Waals surface area contributed by atoms with Crippen molar-refractivity contribution < 1.29 is 9.59 Å². The molecular formula is C25H39N3O2. The summed E-state index contributed by atoms with van der Waals surface area (Å²) in [6.07, 6.45) is 9.95. The number of primary amides is 1. The third-order valence-corrected chi connectivity index (χ3v) is 7.03. The van der Waals surface area contributed by atoms with E-state index in [1.165, 1.54) is 57.4 Å². The molecule has 1 amide bonds. The average Bonchev–Trinajstić information content (AvgIpc) is 2.78. The van der Waals surface area contributed by atoms with Crippen molar-refractivity contribution in [3.63, 3.8) is 0 Å². The Morgan fingerprint density at radius 2 is 1.47 bits per heavy atom. The first-order chi connectivity index (χ1) is 14.6. The second kappa shape index (κ2) is 12.1. The summed E-state index contributed by atoms with van der Waals surface area (Å²) in [6.45, 7) is 5.86. The number of rotatable bonds is 11. The van der Waals surface area contributed by atoms with E-state index in [9.17, 15) is 9.59 Å². The topological polar surface area (TPSA) is 66.6 Å². The van der Waals surface area contributed by atoms with E-state index in [2.05, 4.69) is 40.1 Å².